The van der Waals surface area contributed by atoms with Crippen molar-refractivity contribution in [2.45, 2.75) is 23.7 Å². The number of rotatable bonds is 3. The Morgan fingerprint density at radius 2 is 2.27 bits per heavy atom. The fraction of sp³-hybridized carbons (Fsp3) is 0.286. The summed E-state index contributed by atoms with van der Waals surface area (Å²) < 4.78 is 0.290. The minimum atomic E-state index is 0.290. The van der Waals surface area contributed by atoms with Crippen molar-refractivity contribution < 1.29 is 0 Å². The first-order chi connectivity index (χ1) is 7.05. The predicted molar refractivity (Wildman–Crippen MR) is 77.4 cm³/mol. The van der Waals surface area contributed by atoms with Crippen molar-refractivity contribution >= 4 is 22.6 Å². The monoisotopic (exact) mass is 312 g/mol. The number of alkyl halides is 1. The Bertz CT molecular complexity index is 352. The Morgan fingerprint density at radius 3 is 2.80 bits per heavy atom. The molecule has 0 radical (unpaired) electrons. The summed E-state index contributed by atoms with van der Waals surface area (Å²) in [7, 11) is 0. The molecule has 0 amide bonds. The summed E-state index contributed by atoms with van der Waals surface area (Å²) in [5.74, 6) is 0. The highest BCUT2D eigenvalue weighted by Gasteiger charge is 2.17. The molecule has 80 valence electrons. The lowest BCUT2D eigenvalue weighted by atomic mass is 9.94. The van der Waals surface area contributed by atoms with Gasteiger partial charge in [-0.25, -0.2) is 0 Å². The predicted octanol–water partition coefficient (Wildman–Crippen LogP) is 4.75. The fourth-order valence-corrected chi connectivity index (χ4v) is 1.78. The fourth-order valence-electron chi connectivity index (χ4n) is 1.38. The first-order valence-corrected chi connectivity index (χ1v) is 6.18. The van der Waals surface area contributed by atoms with Crippen LogP contribution in [-0.4, -0.2) is 3.42 Å². The molecule has 0 bridgehead atoms. The molecule has 1 atom stereocenters. The summed E-state index contributed by atoms with van der Waals surface area (Å²) in [6.45, 7) is 8.03. The van der Waals surface area contributed by atoms with E-state index in [1.54, 1.807) is 6.08 Å². The number of hydrogen-bond donors (Lipinski definition) is 0. The molecule has 0 fully saturated rings. The molecule has 0 saturated carbocycles. The first kappa shape index (κ1) is 12.5. The molecule has 15 heavy (non-hydrogen) atoms. The first-order valence-electron chi connectivity index (χ1n) is 5.10. The molecular weight excluding hydrogens is 295 g/mol. The van der Waals surface area contributed by atoms with Gasteiger partial charge < -0.3 is 0 Å². The van der Waals surface area contributed by atoms with Gasteiger partial charge in [0.2, 0.25) is 0 Å². The van der Waals surface area contributed by atoms with E-state index < -0.39 is 0 Å². The highest BCUT2D eigenvalue weighted by Crippen LogP contribution is 2.31. The maximum Gasteiger partial charge on any atom is 0.0410 e. The van der Waals surface area contributed by atoms with Gasteiger partial charge in [0.25, 0.3) is 0 Å². The second-order valence-electron chi connectivity index (χ2n) is 3.95. The van der Waals surface area contributed by atoms with Crippen molar-refractivity contribution in [3.8, 4) is 0 Å². The highest BCUT2D eigenvalue weighted by molar-refractivity contribution is 14.1. The molecule has 0 aromatic carbocycles. The van der Waals surface area contributed by atoms with Gasteiger partial charge in [0.15, 0.2) is 0 Å². The topological polar surface area (TPSA) is 0 Å². The summed E-state index contributed by atoms with van der Waals surface area (Å²) in [6, 6.07) is 0. The third-order valence-corrected chi connectivity index (χ3v) is 3.18. The van der Waals surface area contributed by atoms with E-state index in [1.165, 1.54) is 11.1 Å². The summed E-state index contributed by atoms with van der Waals surface area (Å²) in [4.78, 5) is 0. The lowest BCUT2D eigenvalue weighted by molar-refractivity contribution is 0.829. The van der Waals surface area contributed by atoms with E-state index in [0.29, 0.717) is 3.42 Å². The van der Waals surface area contributed by atoms with Gasteiger partial charge in [-0.1, -0.05) is 71.7 Å². The van der Waals surface area contributed by atoms with Crippen LogP contribution in [-0.2, 0) is 0 Å². The van der Waals surface area contributed by atoms with Crippen LogP contribution >= 0.6 is 22.6 Å². The van der Waals surface area contributed by atoms with E-state index in [0.717, 1.165) is 6.42 Å². The van der Waals surface area contributed by atoms with Crippen LogP contribution in [0.25, 0.3) is 0 Å². The third-order valence-electron chi connectivity index (χ3n) is 2.38. The van der Waals surface area contributed by atoms with E-state index in [1.807, 2.05) is 12.2 Å². The average Bonchev–Trinajstić information content (AvgIpc) is 2.18. The molecule has 1 unspecified atom stereocenters. The zero-order valence-electron chi connectivity index (χ0n) is 9.33. The van der Waals surface area contributed by atoms with Crippen molar-refractivity contribution in [3.05, 3.63) is 60.3 Å². The van der Waals surface area contributed by atoms with E-state index in [2.05, 4.69) is 67.3 Å². The molecule has 1 heteroatoms. The zero-order valence-corrected chi connectivity index (χ0v) is 11.5. The van der Waals surface area contributed by atoms with E-state index in [9.17, 15) is 0 Å². The van der Waals surface area contributed by atoms with E-state index >= 15 is 0 Å². The molecule has 0 aromatic rings. The maximum atomic E-state index is 3.64. The quantitative estimate of drug-likeness (QED) is 0.400. The second-order valence-corrected chi connectivity index (χ2v) is 6.41. The van der Waals surface area contributed by atoms with Crippen molar-refractivity contribution in [2.75, 3.05) is 0 Å². The largest absolute Gasteiger partial charge is 0.0991 e. The van der Waals surface area contributed by atoms with Gasteiger partial charge in [-0.3, -0.25) is 0 Å². The molecular formula is C14H17I. The molecule has 0 spiro atoms. The molecule has 0 heterocycles. The van der Waals surface area contributed by atoms with Gasteiger partial charge in [-0.15, -0.1) is 0 Å². The van der Waals surface area contributed by atoms with Crippen LogP contribution in [0.2, 0.25) is 0 Å². The Morgan fingerprint density at radius 1 is 1.53 bits per heavy atom. The molecule has 0 nitrogen and oxygen atoms in total. The maximum absolute atomic E-state index is 3.64. The molecule has 0 N–H and O–H groups in total. The van der Waals surface area contributed by atoms with Crippen LogP contribution in [0, 0.1) is 0 Å². The van der Waals surface area contributed by atoms with Crippen LogP contribution in [0.1, 0.15) is 20.3 Å². The Labute approximate surface area is 106 Å². The molecule has 0 aliphatic heterocycles. The minimum Gasteiger partial charge on any atom is -0.0991 e. The van der Waals surface area contributed by atoms with Gasteiger partial charge in [0.05, 0.1) is 0 Å². The summed E-state index contributed by atoms with van der Waals surface area (Å²) in [6.07, 6.45) is 15.8. The van der Waals surface area contributed by atoms with Crippen molar-refractivity contribution in [2.24, 2.45) is 0 Å². The SMILES string of the molecule is C=C/C=C\C=C(/C)C1=CCC(C)(I)C=C1. The molecule has 0 saturated heterocycles. The summed E-state index contributed by atoms with van der Waals surface area (Å²) in [5, 5.41) is 0. The van der Waals surface area contributed by atoms with Crippen LogP contribution in [0.5, 0.6) is 0 Å². The third kappa shape index (κ3) is 4.20. The van der Waals surface area contributed by atoms with Gasteiger partial charge in [0.1, 0.15) is 0 Å². The molecule has 0 aromatic heterocycles. The lowest BCUT2D eigenvalue weighted by Crippen LogP contribution is -2.12. The molecule has 1 rings (SSSR count). The molecule has 1 aliphatic rings. The van der Waals surface area contributed by atoms with Crippen molar-refractivity contribution in [1.82, 2.24) is 0 Å². The minimum absolute atomic E-state index is 0.290. The van der Waals surface area contributed by atoms with Gasteiger partial charge in [-0.05, 0) is 31.4 Å². The number of allylic oxidation sites excluding steroid dienone is 9. The second kappa shape index (κ2) is 5.50. The van der Waals surface area contributed by atoms with Gasteiger partial charge in [0, 0.05) is 3.42 Å². The summed E-state index contributed by atoms with van der Waals surface area (Å²) in [5.41, 5.74) is 2.63. The number of halogens is 1. The highest BCUT2D eigenvalue weighted by atomic mass is 127. The smallest absolute Gasteiger partial charge is 0.0410 e. The normalized spacial score (nSPS) is 26.9. The average molecular weight is 312 g/mol. The van der Waals surface area contributed by atoms with Crippen LogP contribution < -0.4 is 0 Å². The summed E-state index contributed by atoms with van der Waals surface area (Å²) >= 11 is 2.48. The van der Waals surface area contributed by atoms with Crippen molar-refractivity contribution in [3.63, 3.8) is 0 Å². The van der Waals surface area contributed by atoms with Crippen LogP contribution in [0.3, 0.4) is 0 Å². The number of hydrogen-bond acceptors (Lipinski definition) is 0. The Kier molecular flexibility index (Phi) is 4.58. The van der Waals surface area contributed by atoms with Crippen molar-refractivity contribution in [1.29, 1.82) is 0 Å². The van der Waals surface area contributed by atoms with Gasteiger partial charge >= 0.3 is 0 Å². The van der Waals surface area contributed by atoms with Crippen LogP contribution in [0.15, 0.2) is 60.3 Å². The Hall–Kier alpha value is -0.570. The Balaban J connectivity index is 2.72. The standard InChI is InChI=1S/C14H17I/c1-4-5-6-7-12(2)13-8-10-14(3,15)11-9-13/h4-10H,1,11H2,2-3H3/b6-5-,12-7+. The zero-order chi connectivity index (χ0) is 11.3. The molecule has 1 aliphatic carbocycles. The van der Waals surface area contributed by atoms with E-state index in [4.69, 9.17) is 0 Å². The lowest BCUT2D eigenvalue weighted by Gasteiger charge is -2.20. The van der Waals surface area contributed by atoms with Gasteiger partial charge in [-0.2, -0.15) is 0 Å². The van der Waals surface area contributed by atoms with Crippen LogP contribution in [0.4, 0.5) is 0 Å². The van der Waals surface area contributed by atoms with E-state index in [-0.39, 0.29) is 0 Å².